The highest BCUT2D eigenvalue weighted by atomic mass is 16.6. The molecule has 0 aliphatic carbocycles. The zero-order valence-electron chi connectivity index (χ0n) is 18.6. The molecule has 0 aliphatic rings. The molecule has 0 aliphatic heterocycles. The van der Waals surface area contributed by atoms with Crippen LogP contribution in [0.25, 0.3) is 11.0 Å². The molecule has 1 heterocycles. The lowest BCUT2D eigenvalue weighted by Crippen LogP contribution is -2.46. The molecule has 1 amide bonds. The summed E-state index contributed by atoms with van der Waals surface area (Å²) >= 11 is 0. The van der Waals surface area contributed by atoms with Crippen LogP contribution in [0.1, 0.15) is 38.8 Å². The second-order valence-electron chi connectivity index (χ2n) is 8.41. The summed E-state index contributed by atoms with van der Waals surface area (Å²) < 4.78 is 16.1. The smallest absolute Gasteiger partial charge is 0.408 e. The fourth-order valence-electron chi connectivity index (χ4n) is 3.25. The minimum absolute atomic E-state index is 0.211. The summed E-state index contributed by atoms with van der Waals surface area (Å²) in [6, 6.07) is 14.6. The summed E-state index contributed by atoms with van der Waals surface area (Å²) in [5.74, 6) is -0.448. The van der Waals surface area contributed by atoms with Crippen molar-refractivity contribution < 1.29 is 23.5 Å². The Bertz CT molecular complexity index is 1160. The largest absolute Gasteiger partial charge is 0.444 e. The van der Waals surface area contributed by atoms with Crippen LogP contribution in [0.4, 0.5) is 4.79 Å². The van der Waals surface area contributed by atoms with Gasteiger partial charge in [-0.2, -0.15) is 0 Å². The second kappa shape index (κ2) is 9.68. The van der Waals surface area contributed by atoms with Crippen LogP contribution in [0.2, 0.25) is 0 Å². The first-order chi connectivity index (χ1) is 15.1. The van der Waals surface area contributed by atoms with E-state index in [0.29, 0.717) is 12.0 Å². The van der Waals surface area contributed by atoms with E-state index in [1.807, 2.05) is 37.3 Å². The number of carbonyl (C=O) groups is 2. The average Bonchev–Trinajstić information content (AvgIpc) is 2.71. The van der Waals surface area contributed by atoms with Gasteiger partial charge in [0.1, 0.15) is 23.0 Å². The molecule has 0 saturated carbocycles. The van der Waals surface area contributed by atoms with Crippen molar-refractivity contribution in [1.82, 2.24) is 5.32 Å². The van der Waals surface area contributed by atoms with E-state index in [4.69, 9.17) is 13.9 Å². The zero-order valence-corrected chi connectivity index (χ0v) is 18.6. The number of aryl methyl sites for hydroxylation is 1. The average molecular weight is 437 g/mol. The van der Waals surface area contributed by atoms with Crippen LogP contribution in [0, 0.1) is 0 Å². The molecule has 1 unspecified atom stereocenters. The fourth-order valence-corrected chi connectivity index (χ4v) is 3.25. The Labute approximate surface area is 186 Å². The van der Waals surface area contributed by atoms with Gasteiger partial charge in [0.15, 0.2) is 0 Å². The van der Waals surface area contributed by atoms with Gasteiger partial charge in [-0.25, -0.2) is 14.4 Å². The number of nitrogens with one attached hydrogen (secondary N) is 1. The molecule has 2 aromatic carbocycles. The fraction of sp³-hybridized carbons (Fsp3) is 0.320. The van der Waals surface area contributed by atoms with Crippen molar-refractivity contribution in [3.63, 3.8) is 0 Å². The normalized spacial score (nSPS) is 12.2. The maximum atomic E-state index is 13.0. The van der Waals surface area contributed by atoms with E-state index >= 15 is 0 Å². The van der Waals surface area contributed by atoms with Crippen molar-refractivity contribution in [3.8, 4) is 5.75 Å². The summed E-state index contributed by atoms with van der Waals surface area (Å²) in [5.41, 5.74) is 0.856. The minimum Gasteiger partial charge on any atom is -0.444 e. The first kappa shape index (κ1) is 23.1. The summed E-state index contributed by atoms with van der Waals surface area (Å²) in [6.45, 7) is 7.16. The van der Waals surface area contributed by atoms with E-state index in [0.717, 1.165) is 16.5 Å². The van der Waals surface area contributed by atoms with E-state index < -0.39 is 29.3 Å². The van der Waals surface area contributed by atoms with E-state index in [1.165, 1.54) is 12.1 Å². The molecule has 168 valence electrons. The molecule has 1 atom stereocenters. The van der Waals surface area contributed by atoms with Crippen LogP contribution < -0.4 is 15.7 Å². The van der Waals surface area contributed by atoms with Crippen molar-refractivity contribution in [1.29, 1.82) is 0 Å². The Kier molecular flexibility index (Phi) is 6.98. The van der Waals surface area contributed by atoms with Gasteiger partial charge in [0.25, 0.3) is 0 Å². The molecule has 7 heteroatoms. The second-order valence-corrected chi connectivity index (χ2v) is 8.41. The first-order valence-corrected chi connectivity index (χ1v) is 10.5. The van der Waals surface area contributed by atoms with Crippen molar-refractivity contribution in [2.75, 3.05) is 0 Å². The topological polar surface area (TPSA) is 94.8 Å². The van der Waals surface area contributed by atoms with Crippen LogP contribution in [0.5, 0.6) is 5.75 Å². The van der Waals surface area contributed by atoms with E-state index in [-0.39, 0.29) is 12.2 Å². The van der Waals surface area contributed by atoms with Crippen molar-refractivity contribution in [2.24, 2.45) is 0 Å². The number of amides is 1. The number of carbonyl (C=O) groups excluding carboxylic acids is 2. The number of fused-ring (bicyclic) bond motifs is 1. The van der Waals surface area contributed by atoms with Gasteiger partial charge in [0, 0.05) is 23.9 Å². The minimum atomic E-state index is -0.975. The van der Waals surface area contributed by atoms with Crippen molar-refractivity contribution in [2.45, 2.75) is 52.2 Å². The lowest BCUT2D eigenvalue weighted by Gasteiger charge is -2.23. The van der Waals surface area contributed by atoms with Gasteiger partial charge >= 0.3 is 17.7 Å². The summed E-state index contributed by atoms with van der Waals surface area (Å²) in [4.78, 5) is 37.1. The molecule has 1 N–H and O–H groups in total. The Morgan fingerprint density at radius 2 is 1.78 bits per heavy atom. The zero-order chi connectivity index (χ0) is 23.3. The molecule has 3 rings (SSSR count). The molecule has 3 aromatic rings. The summed E-state index contributed by atoms with van der Waals surface area (Å²) in [5, 5.41) is 3.37. The third kappa shape index (κ3) is 6.20. The molecular weight excluding hydrogens is 410 g/mol. The van der Waals surface area contributed by atoms with Gasteiger partial charge in [-0.15, -0.1) is 0 Å². The number of hydrogen-bond donors (Lipinski definition) is 1. The van der Waals surface area contributed by atoms with E-state index in [1.54, 1.807) is 32.9 Å². The molecule has 0 spiro atoms. The number of rotatable bonds is 6. The van der Waals surface area contributed by atoms with Crippen LogP contribution >= 0.6 is 0 Å². The molecule has 1 aromatic heterocycles. The predicted octanol–water partition coefficient (Wildman–Crippen LogP) is 4.40. The molecule has 7 nitrogen and oxygen atoms in total. The standard InChI is InChI=1S/C25H27NO6/c1-5-17-14-22(27)31-21-15-18(11-12-19(17)21)30-23(28)20(13-16-9-7-6-8-10-16)26-24(29)32-25(2,3)4/h6-12,14-15,20H,5,13H2,1-4H3,(H,26,29). The number of benzene rings is 2. The molecular formula is C25H27NO6. The maximum Gasteiger partial charge on any atom is 0.408 e. The maximum absolute atomic E-state index is 13.0. The third-order valence-corrected chi connectivity index (χ3v) is 4.66. The Morgan fingerprint density at radius 3 is 2.44 bits per heavy atom. The number of ether oxygens (including phenoxy) is 2. The quantitative estimate of drug-likeness (QED) is 0.349. The molecule has 0 bridgehead atoms. The monoisotopic (exact) mass is 437 g/mol. The van der Waals surface area contributed by atoms with Crippen molar-refractivity contribution >= 4 is 23.0 Å². The number of esters is 1. The van der Waals surface area contributed by atoms with Crippen LogP contribution in [0.15, 0.2) is 63.8 Å². The van der Waals surface area contributed by atoms with Gasteiger partial charge in [0.2, 0.25) is 0 Å². The Hall–Kier alpha value is -3.61. The van der Waals surface area contributed by atoms with Crippen LogP contribution in [0.3, 0.4) is 0 Å². The SMILES string of the molecule is CCc1cc(=O)oc2cc(OC(=O)C(Cc3ccccc3)NC(=O)OC(C)(C)C)ccc12. The molecule has 0 fully saturated rings. The highest BCUT2D eigenvalue weighted by molar-refractivity contribution is 5.85. The van der Waals surface area contributed by atoms with Crippen LogP contribution in [-0.4, -0.2) is 23.7 Å². The van der Waals surface area contributed by atoms with Crippen LogP contribution in [-0.2, 0) is 22.4 Å². The molecule has 32 heavy (non-hydrogen) atoms. The lowest BCUT2D eigenvalue weighted by molar-refractivity contribution is -0.136. The number of hydrogen-bond acceptors (Lipinski definition) is 6. The highest BCUT2D eigenvalue weighted by Gasteiger charge is 2.26. The predicted molar refractivity (Wildman–Crippen MR) is 121 cm³/mol. The Morgan fingerprint density at radius 1 is 1.06 bits per heavy atom. The molecule has 0 saturated heterocycles. The van der Waals surface area contributed by atoms with Gasteiger partial charge in [-0.3, -0.25) is 0 Å². The van der Waals surface area contributed by atoms with Gasteiger partial charge in [-0.05, 0) is 50.5 Å². The molecule has 0 radical (unpaired) electrons. The first-order valence-electron chi connectivity index (χ1n) is 10.5. The highest BCUT2D eigenvalue weighted by Crippen LogP contribution is 2.23. The van der Waals surface area contributed by atoms with Gasteiger partial charge in [0.05, 0.1) is 0 Å². The third-order valence-electron chi connectivity index (χ3n) is 4.66. The Balaban J connectivity index is 1.83. The van der Waals surface area contributed by atoms with E-state index in [9.17, 15) is 14.4 Å². The van der Waals surface area contributed by atoms with Crippen molar-refractivity contribution in [3.05, 3.63) is 76.1 Å². The summed E-state index contributed by atoms with van der Waals surface area (Å²) in [7, 11) is 0. The van der Waals surface area contributed by atoms with E-state index in [2.05, 4.69) is 5.32 Å². The lowest BCUT2D eigenvalue weighted by atomic mass is 10.1. The van der Waals surface area contributed by atoms with Gasteiger partial charge < -0.3 is 19.2 Å². The van der Waals surface area contributed by atoms with Gasteiger partial charge in [-0.1, -0.05) is 37.3 Å². The number of alkyl carbamates (subject to hydrolysis) is 1. The summed E-state index contributed by atoms with van der Waals surface area (Å²) in [6.07, 6.45) is 0.175.